The lowest BCUT2D eigenvalue weighted by Crippen LogP contribution is -2.66. The summed E-state index contributed by atoms with van der Waals surface area (Å²) in [4.78, 5) is 87.8. The molecule has 0 aliphatic carbocycles. The molecule has 64 heavy (non-hydrogen) atoms. The summed E-state index contributed by atoms with van der Waals surface area (Å²) in [5, 5.41) is 56.9. The Morgan fingerprint density at radius 3 is 1.84 bits per heavy atom. The maximum Gasteiger partial charge on any atom is 0.410 e. The summed E-state index contributed by atoms with van der Waals surface area (Å²) in [6, 6.07) is 14.4. The van der Waals surface area contributed by atoms with E-state index in [0.717, 1.165) is 11.8 Å². The summed E-state index contributed by atoms with van der Waals surface area (Å²) >= 11 is 1.15. The summed E-state index contributed by atoms with van der Waals surface area (Å²) in [6.45, 7) is 2.66. The second-order valence-corrected chi connectivity index (χ2v) is 17.3. The van der Waals surface area contributed by atoms with Crippen molar-refractivity contribution in [2.24, 2.45) is 11.3 Å². The second kappa shape index (κ2) is 18.6. The third kappa shape index (κ3) is 9.32. The van der Waals surface area contributed by atoms with Crippen molar-refractivity contribution in [3.63, 3.8) is 0 Å². The Morgan fingerprint density at radius 2 is 1.36 bits per heavy atom. The molecule has 3 aromatic carbocycles. The predicted molar refractivity (Wildman–Crippen MR) is 221 cm³/mol. The van der Waals surface area contributed by atoms with Gasteiger partial charge in [0.25, 0.3) is 17.1 Å². The number of carbonyl (C=O) groups is 4. The van der Waals surface area contributed by atoms with Gasteiger partial charge in [0.1, 0.15) is 18.9 Å². The van der Waals surface area contributed by atoms with E-state index < -0.39 is 85.9 Å². The number of aliphatic hydroxyl groups excluding tert-OH is 1. The number of carboxylic acids is 1. The van der Waals surface area contributed by atoms with Crippen LogP contribution in [0.15, 0.2) is 83.4 Å². The molecule has 0 aromatic heterocycles. The van der Waals surface area contributed by atoms with E-state index in [1.807, 2.05) is 0 Å². The first-order chi connectivity index (χ1) is 30.4. The van der Waals surface area contributed by atoms with E-state index in [4.69, 9.17) is 18.9 Å². The highest BCUT2D eigenvalue weighted by Gasteiger charge is 2.66. The zero-order valence-electron chi connectivity index (χ0n) is 34.2. The van der Waals surface area contributed by atoms with Crippen LogP contribution in [-0.4, -0.2) is 114 Å². The maximum atomic E-state index is 13.9. The Morgan fingerprint density at radius 1 is 0.859 bits per heavy atom. The first-order valence-electron chi connectivity index (χ1n) is 19.9. The lowest BCUT2D eigenvalue weighted by molar-refractivity contribution is -0.385. The Hall–Kier alpha value is -6.69. The topological polar surface area (TPSA) is 294 Å². The van der Waals surface area contributed by atoms with Crippen LogP contribution < -0.4 is 5.32 Å². The van der Waals surface area contributed by atoms with Crippen molar-refractivity contribution in [1.29, 1.82) is 0 Å². The molecule has 0 unspecified atom stereocenters. The number of carboxylic acid groups (broad SMARTS) is 1. The van der Waals surface area contributed by atoms with Crippen LogP contribution in [0.4, 0.5) is 26.7 Å². The van der Waals surface area contributed by atoms with Gasteiger partial charge >= 0.3 is 18.2 Å². The number of nitro benzene ring substituents is 3. The molecule has 0 saturated carbocycles. The number of alkyl carbamates (subject to hydrolysis) is 1. The van der Waals surface area contributed by atoms with Gasteiger partial charge in [-0.05, 0) is 60.7 Å². The van der Waals surface area contributed by atoms with Gasteiger partial charge in [-0.25, -0.2) is 14.4 Å². The van der Waals surface area contributed by atoms with Crippen LogP contribution in [-0.2, 0) is 48.2 Å². The number of nitrogens with zero attached hydrogens (tertiary/aromatic N) is 5. The van der Waals surface area contributed by atoms with Crippen LogP contribution in [0.3, 0.4) is 0 Å². The predicted octanol–water partition coefficient (Wildman–Crippen LogP) is 4.66. The molecular weight excluding hydrogens is 865 g/mol. The summed E-state index contributed by atoms with van der Waals surface area (Å²) in [6.07, 6.45) is -3.49. The number of fused-ring (bicyclic) bond motifs is 1. The Balaban J connectivity index is 1.09. The number of hydrogen-bond donors (Lipinski definition) is 3. The number of β-lactam (4-membered cyclic amide) rings is 1. The van der Waals surface area contributed by atoms with E-state index in [0.29, 0.717) is 21.6 Å². The molecule has 6 atom stereocenters. The van der Waals surface area contributed by atoms with Crippen LogP contribution in [0.25, 0.3) is 0 Å². The number of non-ortho nitro benzene ring substituents is 3. The minimum absolute atomic E-state index is 0.0171. The number of rotatable bonds is 15. The molecule has 23 heteroatoms. The monoisotopic (exact) mass is 906 g/mol. The Labute approximate surface area is 367 Å². The van der Waals surface area contributed by atoms with Crippen LogP contribution in [0.2, 0.25) is 0 Å². The average Bonchev–Trinajstić information content (AvgIpc) is 3.77. The summed E-state index contributed by atoms with van der Waals surface area (Å²) < 4.78 is 23.0. The van der Waals surface area contributed by atoms with E-state index in [-0.39, 0.29) is 68.6 Å². The molecular formula is C41H42N6O16S. The van der Waals surface area contributed by atoms with Crippen LogP contribution in [0, 0.1) is 41.7 Å². The first-order valence-corrected chi connectivity index (χ1v) is 20.8. The highest BCUT2D eigenvalue weighted by Crippen LogP contribution is 2.60. The summed E-state index contributed by atoms with van der Waals surface area (Å²) in [7, 11) is 0. The molecule has 0 radical (unpaired) electrons. The van der Waals surface area contributed by atoms with E-state index in [1.165, 1.54) is 77.4 Å². The minimum atomic E-state index is -1.38. The molecule has 3 amide bonds. The molecule has 4 heterocycles. The van der Waals surface area contributed by atoms with Crippen molar-refractivity contribution in [2.45, 2.75) is 75.7 Å². The van der Waals surface area contributed by atoms with Gasteiger partial charge in [-0.1, -0.05) is 19.1 Å². The van der Waals surface area contributed by atoms with E-state index in [9.17, 15) is 59.7 Å². The van der Waals surface area contributed by atoms with Crippen molar-refractivity contribution in [2.75, 3.05) is 19.8 Å². The highest BCUT2D eigenvalue weighted by atomic mass is 32.2. The standard InChI is InChI=1S/C41H42N6O16S/c1-22(48)32-34-41(2,16-23-3-9-27(10-4-23)45(54)55)35(33(37(50)51)44(34)36(32)49)64-30-15-31(43(17-30)40(53)63-19-25-7-13-29(14-8-25)47(58)59)38-60-20-26(21-61-38)42-39(52)62-18-24-5-11-28(12-6-24)46(56)57/h3-14,22,26,30-32,34,38,48H,15-21H2,1-2H3,(H,42,52)(H,50,51)/t22-,26?,30+,31+,32-,34+,38?,41-/m1/s1. The van der Waals surface area contributed by atoms with Gasteiger partial charge in [-0.15, -0.1) is 11.8 Å². The van der Waals surface area contributed by atoms with Crippen molar-refractivity contribution in [1.82, 2.24) is 15.1 Å². The molecule has 0 spiro atoms. The molecule has 4 aliphatic rings. The smallest absolute Gasteiger partial charge is 0.410 e. The number of amides is 3. The molecule has 7 rings (SSSR count). The quantitative estimate of drug-likeness (QED) is 0.106. The van der Waals surface area contributed by atoms with E-state index in [2.05, 4.69) is 5.32 Å². The number of thioether (sulfide) groups is 1. The number of aliphatic hydroxyl groups is 1. The molecule has 0 bridgehead atoms. The molecule has 3 N–H and O–H groups in total. The third-order valence-electron chi connectivity index (χ3n) is 11.6. The lowest BCUT2D eigenvalue weighted by Gasteiger charge is -2.51. The SMILES string of the molecule is C[C@@H](O)[C@H]1C(=O)N2C(C(=O)O)=C(S[C@H]3C[C@@H](C4OCC(NC(=O)OCc5ccc([N+](=O)[O-])cc5)CO4)N(C(=O)OCc4ccc([N+](=O)[O-])cc4)C3)[C@](C)(Cc3ccc([N+](=O)[O-])cc3)[C@H]12. The third-order valence-corrected chi connectivity index (χ3v) is 13.2. The molecule has 3 fully saturated rings. The molecule has 338 valence electrons. The van der Waals surface area contributed by atoms with E-state index in [1.54, 1.807) is 19.1 Å². The highest BCUT2D eigenvalue weighted by molar-refractivity contribution is 8.03. The van der Waals surface area contributed by atoms with Crippen molar-refractivity contribution in [3.8, 4) is 0 Å². The van der Waals surface area contributed by atoms with Gasteiger partial charge in [0.05, 0.1) is 58.1 Å². The Kier molecular flexibility index (Phi) is 13.2. The molecule has 22 nitrogen and oxygen atoms in total. The number of hydrogen-bond acceptors (Lipinski definition) is 16. The number of benzene rings is 3. The zero-order valence-corrected chi connectivity index (χ0v) is 35.0. The number of nitrogens with one attached hydrogen (secondary N) is 1. The van der Waals surface area contributed by atoms with Gasteiger partial charge in [0.2, 0.25) is 5.91 Å². The normalized spacial score (nSPS) is 25.5. The largest absolute Gasteiger partial charge is 0.477 e. The number of ether oxygens (including phenoxy) is 4. The van der Waals surface area contributed by atoms with Gasteiger partial charge in [-0.3, -0.25) is 40.0 Å². The van der Waals surface area contributed by atoms with Crippen LogP contribution >= 0.6 is 11.8 Å². The molecule has 3 aromatic rings. The summed E-state index contributed by atoms with van der Waals surface area (Å²) in [5.74, 6) is -2.89. The molecule has 4 aliphatic heterocycles. The zero-order chi connectivity index (χ0) is 46.0. The second-order valence-electron chi connectivity index (χ2n) is 16.0. The van der Waals surface area contributed by atoms with E-state index >= 15 is 0 Å². The van der Waals surface area contributed by atoms with Crippen LogP contribution in [0.1, 0.15) is 37.0 Å². The van der Waals surface area contributed by atoms with Crippen molar-refractivity contribution in [3.05, 3.63) is 130 Å². The van der Waals surface area contributed by atoms with Gasteiger partial charge in [-0.2, -0.15) is 0 Å². The van der Waals surface area contributed by atoms with Gasteiger partial charge in [0, 0.05) is 58.5 Å². The fraction of sp³-hybridized carbons (Fsp3) is 0.415. The number of nitro groups is 3. The first kappa shape index (κ1) is 45.3. The number of aliphatic carboxylic acids is 1. The number of likely N-dealkylation sites (tertiary alicyclic amines) is 1. The minimum Gasteiger partial charge on any atom is -0.477 e. The fourth-order valence-corrected chi connectivity index (χ4v) is 10.2. The maximum absolute atomic E-state index is 13.9. The Bertz CT molecular complexity index is 2360. The van der Waals surface area contributed by atoms with Gasteiger partial charge in [0.15, 0.2) is 6.29 Å². The van der Waals surface area contributed by atoms with Gasteiger partial charge < -0.3 is 39.4 Å². The van der Waals surface area contributed by atoms with Crippen LogP contribution in [0.5, 0.6) is 0 Å². The number of carbonyl (C=O) groups excluding carboxylic acids is 3. The molecule has 3 saturated heterocycles. The van der Waals surface area contributed by atoms with Crippen molar-refractivity contribution < 1.29 is 63.1 Å². The fourth-order valence-electron chi connectivity index (χ4n) is 8.54. The lowest BCUT2D eigenvalue weighted by atomic mass is 9.67. The van der Waals surface area contributed by atoms with Crippen molar-refractivity contribution >= 4 is 52.9 Å². The average molecular weight is 907 g/mol. The summed E-state index contributed by atoms with van der Waals surface area (Å²) in [5.41, 5.74) is -0.208.